The summed E-state index contributed by atoms with van der Waals surface area (Å²) in [4.78, 5) is 6.61. The van der Waals surface area contributed by atoms with Crippen LogP contribution in [-0.2, 0) is 23.2 Å². The van der Waals surface area contributed by atoms with Crippen molar-refractivity contribution in [3.63, 3.8) is 0 Å². The molecule has 31 heavy (non-hydrogen) atoms. The van der Waals surface area contributed by atoms with Crippen LogP contribution in [0, 0.1) is 11.8 Å². The standard InChI is InChI=1S/C28H44NO2/c1-10-29(9,28(7,8)25-16-12-11-13-17-25)31-23(6)30-27-18-14-15-24(19-21(2)3)26(27)20-22(4)5/h11-18,21-23H,10,19-20H2,1-9H3/q+1. The predicted molar refractivity (Wildman–Crippen MR) is 131 cm³/mol. The highest BCUT2D eigenvalue weighted by Gasteiger charge is 2.44. The van der Waals surface area contributed by atoms with Crippen LogP contribution >= 0.6 is 0 Å². The minimum absolute atomic E-state index is 0.214. The number of hydrogen-bond acceptors (Lipinski definition) is 2. The Labute approximate surface area is 190 Å². The molecule has 2 rings (SSSR count). The van der Waals surface area contributed by atoms with Crippen LogP contribution in [0.3, 0.4) is 0 Å². The molecule has 2 aromatic rings. The zero-order chi connectivity index (χ0) is 23.2. The van der Waals surface area contributed by atoms with Crippen molar-refractivity contribution < 1.29 is 14.2 Å². The first-order chi connectivity index (χ1) is 14.5. The van der Waals surface area contributed by atoms with Gasteiger partial charge in [-0.05, 0) is 62.6 Å². The van der Waals surface area contributed by atoms with Gasteiger partial charge < -0.3 is 4.74 Å². The quantitative estimate of drug-likeness (QED) is 0.216. The van der Waals surface area contributed by atoms with E-state index < -0.39 is 0 Å². The van der Waals surface area contributed by atoms with Gasteiger partial charge in [-0.2, -0.15) is 9.48 Å². The largest absolute Gasteiger partial charge is 0.459 e. The Bertz CT molecular complexity index is 813. The van der Waals surface area contributed by atoms with E-state index in [1.165, 1.54) is 16.7 Å². The van der Waals surface area contributed by atoms with E-state index in [4.69, 9.17) is 9.57 Å². The Morgan fingerprint density at radius 1 is 0.839 bits per heavy atom. The zero-order valence-electron chi connectivity index (χ0n) is 21.2. The maximum atomic E-state index is 6.61. The molecule has 2 aromatic carbocycles. The second-order valence-electron chi connectivity index (χ2n) is 10.2. The van der Waals surface area contributed by atoms with Crippen molar-refractivity contribution >= 4 is 0 Å². The molecule has 0 radical (unpaired) electrons. The van der Waals surface area contributed by atoms with Gasteiger partial charge >= 0.3 is 0 Å². The number of ether oxygens (including phenoxy) is 1. The van der Waals surface area contributed by atoms with Crippen LogP contribution in [0.15, 0.2) is 48.5 Å². The van der Waals surface area contributed by atoms with Gasteiger partial charge in [-0.25, -0.2) is 0 Å². The topological polar surface area (TPSA) is 18.5 Å². The van der Waals surface area contributed by atoms with E-state index in [0.29, 0.717) is 16.5 Å². The molecule has 2 atom stereocenters. The molecule has 3 heteroatoms. The average molecular weight is 427 g/mol. The predicted octanol–water partition coefficient (Wildman–Crippen LogP) is 7.14. The highest BCUT2D eigenvalue weighted by atomic mass is 16.8. The van der Waals surface area contributed by atoms with Crippen LogP contribution in [0.2, 0.25) is 0 Å². The maximum absolute atomic E-state index is 6.61. The highest BCUT2D eigenvalue weighted by Crippen LogP contribution is 2.35. The smallest absolute Gasteiger partial charge is 0.251 e. The summed E-state index contributed by atoms with van der Waals surface area (Å²) in [6.45, 7) is 18.6. The Balaban J connectivity index is 2.28. The first-order valence-corrected chi connectivity index (χ1v) is 11.9. The number of nitrogens with zero attached hydrogens (tertiary/aromatic N) is 1. The third-order valence-electron chi connectivity index (χ3n) is 6.41. The van der Waals surface area contributed by atoms with Gasteiger partial charge in [-0.15, -0.1) is 0 Å². The fraction of sp³-hybridized carbons (Fsp3) is 0.571. The van der Waals surface area contributed by atoms with Crippen molar-refractivity contribution in [1.82, 2.24) is 0 Å². The molecule has 0 N–H and O–H groups in total. The fourth-order valence-electron chi connectivity index (χ4n) is 4.24. The molecule has 0 spiro atoms. The van der Waals surface area contributed by atoms with Gasteiger partial charge in [-0.3, -0.25) is 0 Å². The molecule has 0 aliphatic rings. The Kier molecular flexibility index (Phi) is 8.73. The first kappa shape index (κ1) is 25.4. The Morgan fingerprint density at radius 3 is 2.00 bits per heavy atom. The minimum atomic E-state index is -0.367. The molecule has 0 heterocycles. The fourth-order valence-corrected chi connectivity index (χ4v) is 4.24. The van der Waals surface area contributed by atoms with Crippen LogP contribution in [-0.4, -0.2) is 24.5 Å². The summed E-state index contributed by atoms with van der Waals surface area (Å²) in [5.41, 5.74) is 3.76. The van der Waals surface area contributed by atoms with E-state index in [1.807, 2.05) is 6.92 Å². The molecule has 0 amide bonds. The molecule has 0 saturated carbocycles. The van der Waals surface area contributed by atoms with Gasteiger partial charge in [0.2, 0.25) is 0 Å². The minimum Gasteiger partial charge on any atom is -0.459 e. The molecular weight excluding hydrogens is 382 g/mol. The van der Waals surface area contributed by atoms with Crippen molar-refractivity contribution in [2.24, 2.45) is 11.8 Å². The van der Waals surface area contributed by atoms with Crippen molar-refractivity contribution in [3.05, 3.63) is 65.2 Å². The second-order valence-corrected chi connectivity index (χ2v) is 10.2. The molecule has 0 saturated heterocycles. The lowest BCUT2D eigenvalue weighted by Crippen LogP contribution is -2.58. The summed E-state index contributed by atoms with van der Waals surface area (Å²) in [7, 11) is 2.15. The molecule has 0 aliphatic heterocycles. The molecule has 0 bridgehead atoms. The molecule has 3 nitrogen and oxygen atoms in total. The van der Waals surface area contributed by atoms with Crippen molar-refractivity contribution in [3.8, 4) is 5.75 Å². The summed E-state index contributed by atoms with van der Waals surface area (Å²) in [5, 5.41) is 0. The lowest BCUT2D eigenvalue weighted by molar-refractivity contribution is -1.14. The number of rotatable bonds is 11. The molecule has 2 unspecified atom stereocenters. The normalized spacial score (nSPS) is 15.2. The van der Waals surface area contributed by atoms with Gasteiger partial charge in [0.15, 0.2) is 0 Å². The van der Waals surface area contributed by atoms with E-state index in [1.54, 1.807) is 0 Å². The summed E-state index contributed by atoms with van der Waals surface area (Å²) in [6, 6.07) is 17.1. The van der Waals surface area contributed by atoms with E-state index >= 15 is 0 Å². The maximum Gasteiger partial charge on any atom is 0.251 e. The second kappa shape index (κ2) is 10.7. The van der Waals surface area contributed by atoms with Gasteiger partial charge in [0.05, 0.1) is 7.05 Å². The molecule has 172 valence electrons. The first-order valence-electron chi connectivity index (χ1n) is 11.9. The Hall–Kier alpha value is -1.84. The Morgan fingerprint density at radius 2 is 1.45 bits per heavy atom. The summed E-state index contributed by atoms with van der Waals surface area (Å²) in [5.74, 6) is 2.14. The van der Waals surface area contributed by atoms with Crippen molar-refractivity contribution in [2.75, 3.05) is 13.6 Å². The SMILES string of the molecule is CC[N+](C)(OC(C)Oc1cccc(CC(C)C)c1CC(C)C)C(C)(C)c1ccccc1. The van der Waals surface area contributed by atoms with Crippen molar-refractivity contribution in [1.29, 1.82) is 0 Å². The number of quaternary nitrogens is 1. The van der Waals surface area contributed by atoms with Crippen LogP contribution in [0.25, 0.3) is 0 Å². The average Bonchev–Trinajstić information content (AvgIpc) is 2.70. The van der Waals surface area contributed by atoms with E-state index in [2.05, 4.69) is 104 Å². The molecule has 0 aromatic heterocycles. The summed E-state index contributed by atoms with van der Waals surface area (Å²) in [6.07, 6.45) is 1.71. The van der Waals surface area contributed by atoms with Crippen molar-refractivity contribution in [2.45, 2.75) is 80.1 Å². The molecular formula is C28H44NO2+. The number of hydrogen-bond donors (Lipinski definition) is 0. The third-order valence-corrected chi connectivity index (χ3v) is 6.41. The van der Waals surface area contributed by atoms with Crippen LogP contribution < -0.4 is 4.74 Å². The van der Waals surface area contributed by atoms with Gasteiger partial charge in [0.1, 0.15) is 17.8 Å². The van der Waals surface area contributed by atoms with E-state index in [0.717, 1.165) is 25.1 Å². The van der Waals surface area contributed by atoms with Gasteiger partial charge in [0.25, 0.3) is 6.29 Å². The van der Waals surface area contributed by atoms with Crippen LogP contribution in [0.4, 0.5) is 0 Å². The summed E-state index contributed by atoms with van der Waals surface area (Å²) >= 11 is 0. The van der Waals surface area contributed by atoms with E-state index in [9.17, 15) is 0 Å². The number of benzene rings is 2. The van der Waals surface area contributed by atoms with Gasteiger partial charge in [0, 0.05) is 12.5 Å². The van der Waals surface area contributed by atoms with Crippen LogP contribution in [0.5, 0.6) is 5.75 Å². The van der Waals surface area contributed by atoms with Gasteiger partial charge in [-0.1, -0.05) is 70.2 Å². The lowest BCUT2D eigenvalue weighted by atomic mass is 9.92. The van der Waals surface area contributed by atoms with Crippen LogP contribution in [0.1, 0.15) is 72.1 Å². The summed E-state index contributed by atoms with van der Waals surface area (Å²) < 4.78 is 6.89. The molecule has 0 aliphatic carbocycles. The monoisotopic (exact) mass is 426 g/mol. The number of hydroxylamine groups is 3. The van der Waals surface area contributed by atoms with E-state index in [-0.39, 0.29) is 11.8 Å². The highest BCUT2D eigenvalue weighted by molar-refractivity contribution is 5.41. The molecule has 0 fully saturated rings. The lowest BCUT2D eigenvalue weighted by Gasteiger charge is -2.45. The third kappa shape index (κ3) is 6.33. The zero-order valence-corrected chi connectivity index (χ0v) is 21.2.